The molecule has 1 aliphatic rings. The number of amides is 2. The minimum absolute atomic E-state index is 0.103. The van der Waals surface area contributed by atoms with Crippen molar-refractivity contribution in [1.29, 1.82) is 0 Å². The summed E-state index contributed by atoms with van der Waals surface area (Å²) in [4.78, 5) is 26.2. The maximum atomic E-state index is 12.0. The third-order valence-corrected chi connectivity index (χ3v) is 5.01. The molecule has 6 heteroatoms. The van der Waals surface area contributed by atoms with Gasteiger partial charge in [0.15, 0.2) is 0 Å². The lowest BCUT2D eigenvalue weighted by Gasteiger charge is -2.38. The van der Waals surface area contributed by atoms with Crippen LogP contribution in [0.2, 0.25) is 0 Å². The summed E-state index contributed by atoms with van der Waals surface area (Å²) < 4.78 is 0. The Morgan fingerprint density at radius 1 is 1.45 bits per heavy atom. The second kappa shape index (κ2) is 6.26. The van der Waals surface area contributed by atoms with Crippen LogP contribution in [0.25, 0.3) is 0 Å². The molecule has 2 amide bonds. The lowest BCUT2D eigenvalue weighted by atomic mass is 9.76. The summed E-state index contributed by atoms with van der Waals surface area (Å²) >= 11 is 1.61. The zero-order valence-corrected chi connectivity index (χ0v) is 12.4. The molecule has 0 atom stereocenters. The number of hydrogen-bond donors (Lipinski definition) is 2. The second-order valence-electron chi connectivity index (χ2n) is 5.16. The third-order valence-electron chi connectivity index (χ3n) is 4.13. The fourth-order valence-corrected chi connectivity index (χ4v) is 3.19. The van der Waals surface area contributed by atoms with Gasteiger partial charge < -0.3 is 15.3 Å². The predicted octanol–water partition coefficient (Wildman–Crippen LogP) is 2.53. The van der Waals surface area contributed by atoms with Crippen molar-refractivity contribution in [3.8, 4) is 0 Å². The highest BCUT2D eigenvalue weighted by Gasteiger charge is 2.40. The smallest absolute Gasteiger partial charge is 0.317 e. The van der Waals surface area contributed by atoms with E-state index in [2.05, 4.69) is 5.32 Å². The van der Waals surface area contributed by atoms with Crippen molar-refractivity contribution in [3.05, 3.63) is 22.4 Å². The van der Waals surface area contributed by atoms with E-state index in [1.165, 1.54) is 0 Å². The second-order valence-corrected chi connectivity index (χ2v) is 6.20. The molecular formula is C14H20N2O3S. The number of piperidine rings is 1. The molecule has 2 rings (SSSR count). The zero-order valence-electron chi connectivity index (χ0n) is 11.6. The Morgan fingerprint density at radius 2 is 2.15 bits per heavy atom. The first kappa shape index (κ1) is 14.8. The number of nitrogens with zero attached hydrogens (tertiary/aromatic N) is 1. The Bertz CT molecular complexity index is 465. The van der Waals surface area contributed by atoms with Crippen LogP contribution in [0.1, 0.15) is 31.1 Å². The van der Waals surface area contributed by atoms with Gasteiger partial charge in [0.25, 0.3) is 0 Å². The number of hydrogen-bond acceptors (Lipinski definition) is 3. The monoisotopic (exact) mass is 296 g/mol. The number of rotatable bonds is 4. The number of aliphatic carboxylic acids is 1. The summed E-state index contributed by atoms with van der Waals surface area (Å²) in [5, 5.41) is 14.2. The van der Waals surface area contributed by atoms with Gasteiger partial charge in [-0.1, -0.05) is 13.0 Å². The number of urea groups is 1. The standard InChI is InChI=1S/C14H20N2O3S/c1-2-14(12(17)18)5-7-16(8-6-14)13(19)15-10-11-4-3-9-20-11/h3-4,9H,2,5-8,10H2,1H3,(H,15,19)(H,17,18). The van der Waals surface area contributed by atoms with Gasteiger partial charge in [-0.2, -0.15) is 0 Å². The Balaban J connectivity index is 1.84. The Labute approximate surface area is 122 Å². The molecule has 1 aromatic heterocycles. The van der Waals surface area contributed by atoms with Crippen LogP contribution < -0.4 is 5.32 Å². The largest absolute Gasteiger partial charge is 0.481 e. The van der Waals surface area contributed by atoms with Crippen molar-refractivity contribution in [2.24, 2.45) is 5.41 Å². The molecule has 0 radical (unpaired) electrons. The van der Waals surface area contributed by atoms with Crippen molar-refractivity contribution in [2.75, 3.05) is 13.1 Å². The molecule has 1 aromatic rings. The molecule has 1 saturated heterocycles. The van der Waals surface area contributed by atoms with Crippen LogP contribution >= 0.6 is 11.3 Å². The number of likely N-dealkylation sites (tertiary alicyclic amines) is 1. The maximum Gasteiger partial charge on any atom is 0.317 e. The molecule has 0 bridgehead atoms. The van der Waals surface area contributed by atoms with Gasteiger partial charge in [-0.15, -0.1) is 11.3 Å². The predicted molar refractivity (Wildman–Crippen MR) is 77.7 cm³/mol. The van der Waals surface area contributed by atoms with Gasteiger partial charge >= 0.3 is 12.0 Å². The minimum atomic E-state index is -0.737. The Hall–Kier alpha value is -1.56. The van der Waals surface area contributed by atoms with Crippen LogP contribution in [0.5, 0.6) is 0 Å². The molecule has 110 valence electrons. The van der Waals surface area contributed by atoms with E-state index in [4.69, 9.17) is 0 Å². The first-order chi connectivity index (χ1) is 9.57. The van der Waals surface area contributed by atoms with E-state index in [-0.39, 0.29) is 6.03 Å². The number of carbonyl (C=O) groups is 2. The highest BCUT2D eigenvalue weighted by Crippen LogP contribution is 2.35. The molecular weight excluding hydrogens is 276 g/mol. The van der Waals surface area contributed by atoms with Gasteiger partial charge in [0.2, 0.25) is 0 Å². The van der Waals surface area contributed by atoms with E-state index in [0.717, 1.165) is 4.88 Å². The van der Waals surface area contributed by atoms with Gasteiger partial charge in [-0.3, -0.25) is 4.79 Å². The van der Waals surface area contributed by atoms with Crippen LogP contribution in [0.15, 0.2) is 17.5 Å². The molecule has 2 heterocycles. The third kappa shape index (κ3) is 3.12. The molecule has 2 N–H and O–H groups in total. The summed E-state index contributed by atoms with van der Waals surface area (Å²) in [5.74, 6) is -0.737. The van der Waals surface area contributed by atoms with Crippen molar-refractivity contribution < 1.29 is 14.7 Å². The Morgan fingerprint density at radius 3 is 2.65 bits per heavy atom. The van der Waals surface area contributed by atoms with Crippen molar-refractivity contribution in [2.45, 2.75) is 32.7 Å². The molecule has 0 saturated carbocycles. The fourth-order valence-electron chi connectivity index (χ4n) is 2.54. The highest BCUT2D eigenvalue weighted by molar-refractivity contribution is 7.09. The molecule has 0 unspecified atom stereocenters. The normalized spacial score (nSPS) is 17.8. The first-order valence-electron chi connectivity index (χ1n) is 6.86. The lowest BCUT2D eigenvalue weighted by Crippen LogP contribution is -2.49. The van der Waals surface area contributed by atoms with E-state index in [0.29, 0.717) is 38.9 Å². The number of carboxylic acids is 1. The van der Waals surface area contributed by atoms with Gasteiger partial charge in [0, 0.05) is 18.0 Å². The van der Waals surface area contributed by atoms with Gasteiger partial charge in [0.05, 0.1) is 12.0 Å². The number of nitrogens with one attached hydrogen (secondary N) is 1. The summed E-state index contributed by atoms with van der Waals surface area (Å²) in [7, 11) is 0. The number of carboxylic acid groups (broad SMARTS) is 1. The lowest BCUT2D eigenvalue weighted by molar-refractivity contribution is -0.151. The van der Waals surface area contributed by atoms with E-state index < -0.39 is 11.4 Å². The highest BCUT2D eigenvalue weighted by atomic mass is 32.1. The van der Waals surface area contributed by atoms with Crippen LogP contribution in [-0.4, -0.2) is 35.1 Å². The first-order valence-corrected chi connectivity index (χ1v) is 7.74. The molecule has 0 aliphatic carbocycles. The summed E-state index contributed by atoms with van der Waals surface area (Å²) in [6, 6.07) is 3.83. The summed E-state index contributed by atoms with van der Waals surface area (Å²) in [6.07, 6.45) is 1.68. The van der Waals surface area contributed by atoms with Crippen LogP contribution in [-0.2, 0) is 11.3 Å². The topological polar surface area (TPSA) is 69.6 Å². The molecule has 5 nitrogen and oxygen atoms in total. The number of carbonyl (C=O) groups excluding carboxylic acids is 1. The van der Waals surface area contributed by atoms with Crippen LogP contribution in [0.3, 0.4) is 0 Å². The zero-order chi connectivity index (χ0) is 14.6. The van der Waals surface area contributed by atoms with Gasteiger partial charge in [-0.25, -0.2) is 4.79 Å². The summed E-state index contributed by atoms with van der Waals surface area (Å²) in [6.45, 7) is 3.46. The Kier molecular flexibility index (Phi) is 4.65. The van der Waals surface area contributed by atoms with E-state index >= 15 is 0 Å². The SMILES string of the molecule is CCC1(C(=O)O)CCN(C(=O)NCc2cccs2)CC1. The fraction of sp³-hybridized carbons (Fsp3) is 0.571. The van der Waals surface area contributed by atoms with Crippen LogP contribution in [0, 0.1) is 5.41 Å². The molecule has 20 heavy (non-hydrogen) atoms. The minimum Gasteiger partial charge on any atom is -0.481 e. The molecule has 1 fully saturated rings. The summed E-state index contributed by atoms with van der Waals surface area (Å²) in [5.41, 5.74) is -0.648. The van der Waals surface area contributed by atoms with E-state index in [1.807, 2.05) is 24.4 Å². The van der Waals surface area contributed by atoms with E-state index in [1.54, 1.807) is 16.2 Å². The molecule has 1 aliphatic heterocycles. The van der Waals surface area contributed by atoms with Gasteiger partial charge in [-0.05, 0) is 30.7 Å². The van der Waals surface area contributed by atoms with Crippen molar-refractivity contribution in [3.63, 3.8) is 0 Å². The average molecular weight is 296 g/mol. The van der Waals surface area contributed by atoms with Crippen molar-refractivity contribution >= 4 is 23.3 Å². The van der Waals surface area contributed by atoms with Gasteiger partial charge in [0.1, 0.15) is 0 Å². The maximum absolute atomic E-state index is 12.0. The number of thiophene rings is 1. The quantitative estimate of drug-likeness (QED) is 0.897. The van der Waals surface area contributed by atoms with Crippen molar-refractivity contribution in [1.82, 2.24) is 10.2 Å². The molecule has 0 aromatic carbocycles. The van der Waals surface area contributed by atoms with E-state index in [9.17, 15) is 14.7 Å². The van der Waals surface area contributed by atoms with Crippen LogP contribution in [0.4, 0.5) is 4.79 Å². The molecule has 0 spiro atoms. The average Bonchev–Trinajstić information content (AvgIpc) is 2.98.